The van der Waals surface area contributed by atoms with E-state index < -0.39 is 0 Å². The molecule has 0 fully saturated rings. The Labute approximate surface area is 141 Å². The number of rotatable bonds is 1. The van der Waals surface area contributed by atoms with E-state index in [1.165, 1.54) is 12.1 Å². The highest BCUT2D eigenvalue weighted by atomic mass is 79.9. The van der Waals surface area contributed by atoms with Gasteiger partial charge >= 0.3 is 0 Å². The van der Waals surface area contributed by atoms with Crippen molar-refractivity contribution < 1.29 is 9.52 Å². The van der Waals surface area contributed by atoms with Crippen LogP contribution in [0, 0.1) is 0 Å². The molecule has 1 heterocycles. The Hall–Kier alpha value is -1.30. The SMILES string of the molecule is O=c1cc(-c2ccc(Cl)cc2)oc2c(Br)c(O)c(Br)cc12. The molecule has 0 spiro atoms. The molecule has 0 unspecified atom stereocenters. The highest BCUT2D eigenvalue weighted by Crippen LogP contribution is 2.38. The summed E-state index contributed by atoms with van der Waals surface area (Å²) in [6, 6.07) is 9.91. The Morgan fingerprint density at radius 1 is 1.10 bits per heavy atom. The molecule has 2 aromatic carbocycles. The first-order valence-electron chi connectivity index (χ1n) is 5.88. The van der Waals surface area contributed by atoms with Gasteiger partial charge < -0.3 is 9.52 Å². The Kier molecular flexibility index (Phi) is 3.82. The Balaban J connectivity index is 2.33. The molecule has 0 atom stereocenters. The van der Waals surface area contributed by atoms with Crippen molar-refractivity contribution in [2.45, 2.75) is 0 Å². The largest absolute Gasteiger partial charge is 0.505 e. The molecule has 0 aliphatic carbocycles. The minimum atomic E-state index is -0.192. The van der Waals surface area contributed by atoms with Crippen LogP contribution in [0.25, 0.3) is 22.3 Å². The summed E-state index contributed by atoms with van der Waals surface area (Å²) in [6.45, 7) is 0. The van der Waals surface area contributed by atoms with Gasteiger partial charge in [0.1, 0.15) is 16.0 Å². The van der Waals surface area contributed by atoms with E-state index in [1.54, 1.807) is 24.3 Å². The summed E-state index contributed by atoms with van der Waals surface area (Å²) >= 11 is 12.3. The number of aromatic hydroxyl groups is 1. The van der Waals surface area contributed by atoms with Crippen LogP contribution in [0.3, 0.4) is 0 Å². The molecule has 0 saturated heterocycles. The Bertz CT molecular complexity index is 901. The minimum absolute atomic E-state index is 0.0149. The maximum Gasteiger partial charge on any atom is 0.193 e. The molecule has 0 amide bonds. The molecule has 0 radical (unpaired) electrons. The van der Waals surface area contributed by atoms with Crippen LogP contribution in [-0.2, 0) is 0 Å². The van der Waals surface area contributed by atoms with Crippen molar-refractivity contribution in [3.63, 3.8) is 0 Å². The normalized spacial score (nSPS) is 11.0. The zero-order valence-electron chi connectivity index (χ0n) is 10.4. The van der Waals surface area contributed by atoms with E-state index >= 15 is 0 Å². The molecule has 0 bridgehead atoms. The maximum atomic E-state index is 12.2. The third-order valence-electron chi connectivity index (χ3n) is 3.02. The third kappa shape index (κ3) is 2.61. The van der Waals surface area contributed by atoms with Gasteiger partial charge in [-0.25, -0.2) is 0 Å². The van der Waals surface area contributed by atoms with Gasteiger partial charge in [0, 0.05) is 16.7 Å². The number of fused-ring (bicyclic) bond motifs is 1. The van der Waals surface area contributed by atoms with E-state index in [0.717, 1.165) is 5.56 Å². The average Bonchev–Trinajstić information content (AvgIpc) is 2.47. The lowest BCUT2D eigenvalue weighted by Crippen LogP contribution is -2.01. The first-order valence-corrected chi connectivity index (χ1v) is 7.84. The second-order valence-corrected chi connectivity index (χ2v) is 6.46. The number of phenols is 1. The first-order chi connectivity index (χ1) is 9.97. The van der Waals surface area contributed by atoms with Crippen molar-refractivity contribution in [2.75, 3.05) is 0 Å². The number of benzene rings is 2. The van der Waals surface area contributed by atoms with Crippen molar-refractivity contribution in [3.05, 3.63) is 60.6 Å². The van der Waals surface area contributed by atoms with Crippen molar-refractivity contribution in [3.8, 4) is 17.1 Å². The fourth-order valence-corrected chi connectivity index (χ4v) is 3.29. The van der Waals surface area contributed by atoms with E-state index in [9.17, 15) is 9.90 Å². The fourth-order valence-electron chi connectivity index (χ4n) is 1.97. The second kappa shape index (κ2) is 5.48. The summed E-state index contributed by atoms with van der Waals surface area (Å²) in [5.41, 5.74) is 0.837. The van der Waals surface area contributed by atoms with Crippen LogP contribution in [0.15, 0.2) is 54.6 Å². The molecule has 6 heteroatoms. The Morgan fingerprint density at radius 3 is 2.43 bits per heavy atom. The summed E-state index contributed by atoms with van der Waals surface area (Å²) in [5.74, 6) is 0.394. The zero-order valence-corrected chi connectivity index (χ0v) is 14.3. The summed E-state index contributed by atoms with van der Waals surface area (Å²) in [6.07, 6.45) is 0. The van der Waals surface area contributed by atoms with Crippen molar-refractivity contribution in [1.29, 1.82) is 0 Å². The van der Waals surface area contributed by atoms with Gasteiger partial charge in [-0.1, -0.05) is 11.6 Å². The molecular weight excluding hydrogens is 423 g/mol. The topological polar surface area (TPSA) is 50.4 Å². The molecule has 106 valence electrons. The summed E-state index contributed by atoms with van der Waals surface area (Å²) < 4.78 is 6.52. The third-order valence-corrected chi connectivity index (χ3v) is 4.61. The van der Waals surface area contributed by atoms with Crippen LogP contribution in [0.2, 0.25) is 5.02 Å². The molecule has 0 saturated carbocycles. The van der Waals surface area contributed by atoms with Crippen LogP contribution < -0.4 is 5.43 Å². The molecule has 3 rings (SSSR count). The van der Waals surface area contributed by atoms with Crippen LogP contribution in [0.1, 0.15) is 0 Å². The highest BCUT2D eigenvalue weighted by Gasteiger charge is 2.15. The van der Waals surface area contributed by atoms with E-state index in [4.69, 9.17) is 16.0 Å². The summed E-state index contributed by atoms with van der Waals surface area (Å²) in [4.78, 5) is 12.2. The van der Waals surface area contributed by atoms with Crippen LogP contribution in [0.5, 0.6) is 5.75 Å². The van der Waals surface area contributed by atoms with Gasteiger partial charge in [0.05, 0.1) is 9.86 Å². The summed E-state index contributed by atoms with van der Waals surface area (Å²) in [7, 11) is 0. The van der Waals surface area contributed by atoms with Crippen LogP contribution in [0.4, 0.5) is 0 Å². The number of halogens is 3. The van der Waals surface area contributed by atoms with E-state index in [2.05, 4.69) is 31.9 Å². The van der Waals surface area contributed by atoms with Crippen molar-refractivity contribution in [1.82, 2.24) is 0 Å². The fraction of sp³-hybridized carbons (Fsp3) is 0. The monoisotopic (exact) mass is 428 g/mol. The lowest BCUT2D eigenvalue weighted by molar-refractivity contribution is 0.467. The predicted octanol–water partition coefficient (Wildman–Crippen LogP) is 5.34. The molecule has 1 N–H and O–H groups in total. The average molecular weight is 430 g/mol. The van der Waals surface area contributed by atoms with Gasteiger partial charge in [-0.2, -0.15) is 0 Å². The van der Waals surface area contributed by atoms with Crippen molar-refractivity contribution >= 4 is 54.4 Å². The molecule has 0 aliphatic heterocycles. The standard InChI is InChI=1S/C15H7Br2ClO3/c16-10-5-9-11(19)6-12(7-1-3-8(18)4-2-7)21-15(9)13(17)14(10)20/h1-6,20H. The lowest BCUT2D eigenvalue weighted by Gasteiger charge is -2.07. The van der Waals surface area contributed by atoms with E-state index in [0.29, 0.717) is 30.7 Å². The second-order valence-electron chi connectivity index (χ2n) is 4.38. The number of hydrogen-bond acceptors (Lipinski definition) is 3. The zero-order chi connectivity index (χ0) is 15.1. The maximum absolute atomic E-state index is 12.2. The number of phenolic OH excluding ortho intramolecular Hbond substituents is 1. The van der Waals surface area contributed by atoms with Gasteiger partial charge in [-0.05, 0) is 62.2 Å². The van der Waals surface area contributed by atoms with Gasteiger partial charge in [0.25, 0.3) is 0 Å². The quantitative estimate of drug-likeness (QED) is 0.567. The Morgan fingerprint density at radius 2 is 1.76 bits per heavy atom. The van der Waals surface area contributed by atoms with Crippen molar-refractivity contribution in [2.24, 2.45) is 0 Å². The van der Waals surface area contributed by atoms with Gasteiger partial charge in [0.15, 0.2) is 11.0 Å². The van der Waals surface area contributed by atoms with E-state index in [1.807, 2.05) is 0 Å². The predicted molar refractivity (Wildman–Crippen MR) is 90.0 cm³/mol. The number of hydrogen-bond donors (Lipinski definition) is 1. The van der Waals surface area contributed by atoms with Crippen LogP contribution in [-0.4, -0.2) is 5.11 Å². The molecular formula is C15H7Br2ClO3. The summed E-state index contributed by atoms with van der Waals surface area (Å²) in [5, 5.41) is 10.9. The smallest absolute Gasteiger partial charge is 0.193 e. The molecule has 3 aromatic rings. The van der Waals surface area contributed by atoms with E-state index in [-0.39, 0.29) is 11.2 Å². The van der Waals surface area contributed by atoms with Gasteiger partial charge in [0.2, 0.25) is 0 Å². The molecule has 0 aliphatic rings. The first kappa shape index (κ1) is 14.6. The molecule has 1 aromatic heterocycles. The molecule has 3 nitrogen and oxygen atoms in total. The van der Waals surface area contributed by atoms with Crippen LogP contribution >= 0.6 is 43.5 Å². The highest BCUT2D eigenvalue weighted by molar-refractivity contribution is 9.11. The molecule has 21 heavy (non-hydrogen) atoms. The minimum Gasteiger partial charge on any atom is -0.505 e. The van der Waals surface area contributed by atoms with Gasteiger partial charge in [-0.3, -0.25) is 4.79 Å². The van der Waals surface area contributed by atoms with Gasteiger partial charge in [-0.15, -0.1) is 0 Å². The lowest BCUT2D eigenvalue weighted by atomic mass is 10.1.